The van der Waals surface area contributed by atoms with Crippen LogP contribution >= 0.6 is 0 Å². The van der Waals surface area contributed by atoms with Crippen LogP contribution in [0.25, 0.3) is 0 Å². The molecule has 1 aromatic rings. The summed E-state index contributed by atoms with van der Waals surface area (Å²) < 4.78 is 51.5. The molecule has 0 atom stereocenters. The second kappa shape index (κ2) is 7.77. The van der Waals surface area contributed by atoms with E-state index < -0.39 is 18.6 Å². The van der Waals surface area contributed by atoms with Crippen molar-refractivity contribution in [3.63, 3.8) is 0 Å². The van der Waals surface area contributed by atoms with Crippen molar-refractivity contribution in [2.24, 2.45) is 0 Å². The zero-order valence-corrected chi connectivity index (χ0v) is 12.5. The minimum atomic E-state index is -4.41. The van der Waals surface area contributed by atoms with Crippen LogP contribution in [0.3, 0.4) is 0 Å². The van der Waals surface area contributed by atoms with Gasteiger partial charge in [-0.25, -0.2) is 0 Å². The van der Waals surface area contributed by atoms with E-state index in [-0.39, 0.29) is 12.8 Å². The lowest BCUT2D eigenvalue weighted by Crippen LogP contribution is -2.33. The highest BCUT2D eigenvalue weighted by Gasteiger charge is 2.27. The van der Waals surface area contributed by atoms with Crippen LogP contribution in [0.2, 0.25) is 0 Å². The summed E-state index contributed by atoms with van der Waals surface area (Å²) >= 11 is 0. The fourth-order valence-corrected chi connectivity index (χ4v) is 1.82. The Morgan fingerprint density at radius 2 is 1.64 bits per heavy atom. The quantitative estimate of drug-likeness (QED) is 0.837. The van der Waals surface area contributed by atoms with Crippen molar-refractivity contribution in [1.29, 1.82) is 0 Å². The summed E-state index contributed by atoms with van der Waals surface area (Å²) in [5.74, 6) is 0.585. The second-order valence-electron chi connectivity index (χ2n) is 4.43. The molecule has 0 aromatic heterocycles. The van der Waals surface area contributed by atoms with Crippen molar-refractivity contribution in [3.05, 3.63) is 17.7 Å². The monoisotopic (exact) mass is 321 g/mol. The Bertz CT molecular complexity index is 492. The molecular weight excluding hydrogens is 303 g/mol. The van der Waals surface area contributed by atoms with E-state index in [4.69, 9.17) is 14.2 Å². The maximum absolute atomic E-state index is 12.0. The number of halogens is 3. The number of hydrogen-bond donors (Lipinski definition) is 1. The minimum absolute atomic E-state index is 0.0747. The van der Waals surface area contributed by atoms with Crippen molar-refractivity contribution in [2.75, 3.05) is 27.9 Å². The van der Waals surface area contributed by atoms with Gasteiger partial charge in [0.2, 0.25) is 11.7 Å². The maximum atomic E-state index is 12.0. The fourth-order valence-electron chi connectivity index (χ4n) is 1.82. The maximum Gasteiger partial charge on any atom is 0.405 e. The molecule has 1 rings (SSSR count). The summed E-state index contributed by atoms with van der Waals surface area (Å²) in [4.78, 5) is 11.4. The summed E-state index contributed by atoms with van der Waals surface area (Å²) in [6.07, 6.45) is -4.24. The summed E-state index contributed by atoms with van der Waals surface area (Å²) in [7, 11) is 4.37. The average molecular weight is 321 g/mol. The Hall–Kier alpha value is -2.12. The molecule has 0 saturated carbocycles. The molecule has 0 fully saturated rings. The molecule has 8 heteroatoms. The SMILES string of the molecule is COc1cc(CCC(=O)NCC(F)(F)F)cc(OC)c1OC. The van der Waals surface area contributed by atoms with Crippen LogP contribution in [0, 0.1) is 0 Å². The Balaban J connectivity index is 2.72. The first-order chi connectivity index (χ1) is 10.3. The lowest BCUT2D eigenvalue weighted by molar-refractivity contribution is -0.138. The molecule has 22 heavy (non-hydrogen) atoms. The topological polar surface area (TPSA) is 56.8 Å². The van der Waals surface area contributed by atoms with Gasteiger partial charge < -0.3 is 19.5 Å². The number of carbonyl (C=O) groups excluding carboxylic acids is 1. The van der Waals surface area contributed by atoms with E-state index in [1.165, 1.54) is 21.3 Å². The molecule has 1 aromatic carbocycles. The van der Waals surface area contributed by atoms with E-state index in [1.54, 1.807) is 12.1 Å². The predicted octanol–water partition coefficient (Wildman–Crippen LogP) is 2.32. The van der Waals surface area contributed by atoms with Gasteiger partial charge in [-0.05, 0) is 24.1 Å². The number of rotatable bonds is 7. The third kappa shape index (κ3) is 5.34. The van der Waals surface area contributed by atoms with Crippen molar-refractivity contribution in [1.82, 2.24) is 5.32 Å². The van der Waals surface area contributed by atoms with E-state index in [1.807, 2.05) is 5.32 Å². The highest BCUT2D eigenvalue weighted by atomic mass is 19.4. The molecule has 124 valence electrons. The van der Waals surface area contributed by atoms with Gasteiger partial charge in [-0.1, -0.05) is 0 Å². The number of methoxy groups -OCH3 is 3. The lowest BCUT2D eigenvalue weighted by Gasteiger charge is -2.14. The van der Waals surface area contributed by atoms with Gasteiger partial charge in [-0.3, -0.25) is 4.79 Å². The Kier molecular flexibility index (Phi) is 6.33. The smallest absolute Gasteiger partial charge is 0.405 e. The third-order valence-electron chi connectivity index (χ3n) is 2.85. The van der Waals surface area contributed by atoms with Crippen LogP contribution in [0.15, 0.2) is 12.1 Å². The van der Waals surface area contributed by atoms with Crippen LogP contribution in [0.4, 0.5) is 13.2 Å². The number of nitrogens with one attached hydrogen (secondary N) is 1. The van der Waals surface area contributed by atoms with E-state index in [0.29, 0.717) is 22.8 Å². The molecule has 0 bridgehead atoms. The number of alkyl halides is 3. The van der Waals surface area contributed by atoms with Gasteiger partial charge in [0.25, 0.3) is 0 Å². The summed E-state index contributed by atoms with van der Waals surface area (Å²) in [6.45, 7) is -1.33. The van der Waals surface area contributed by atoms with Crippen LogP contribution in [0.5, 0.6) is 17.2 Å². The lowest BCUT2D eigenvalue weighted by atomic mass is 10.1. The van der Waals surface area contributed by atoms with Crippen molar-refractivity contribution < 1.29 is 32.2 Å². The fraction of sp³-hybridized carbons (Fsp3) is 0.500. The van der Waals surface area contributed by atoms with E-state index in [0.717, 1.165) is 0 Å². The van der Waals surface area contributed by atoms with Crippen molar-refractivity contribution in [2.45, 2.75) is 19.0 Å². The highest BCUT2D eigenvalue weighted by Crippen LogP contribution is 2.38. The number of carbonyl (C=O) groups is 1. The van der Waals surface area contributed by atoms with Gasteiger partial charge in [0, 0.05) is 6.42 Å². The molecule has 0 aliphatic heterocycles. The van der Waals surface area contributed by atoms with Gasteiger partial charge in [0.05, 0.1) is 21.3 Å². The largest absolute Gasteiger partial charge is 0.493 e. The average Bonchev–Trinajstić information content (AvgIpc) is 2.48. The number of ether oxygens (including phenoxy) is 3. The van der Waals surface area contributed by atoms with Crippen LogP contribution in [-0.4, -0.2) is 40.0 Å². The van der Waals surface area contributed by atoms with E-state index >= 15 is 0 Å². The molecule has 0 heterocycles. The number of benzene rings is 1. The molecule has 5 nitrogen and oxygen atoms in total. The number of amides is 1. The molecule has 0 spiro atoms. The van der Waals surface area contributed by atoms with Gasteiger partial charge in [-0.15, -0.1) is 0 Å². The van der Waals surface area contributed by atoms with E-state index in [2.05, 4.69) is 0 Å². The molecule has 0 saturated heterocycles. The molecule has 0 radical (unpaired) electrons. The molecular formula is C14H18F3NO4. The summed E-state index contributed by atoms with van der Waals surface area (Å²) in [6, 6.07) is 3.30. The summed E-state index contributed by atoms with van der Waals surface area (Å²) in [5.41, 5.74) is 0.691. The van der Waals surface area contributed by atoms with Crippen LogP contribution in [0.1, 0.15) is 12.0 Å². The molecule has 0 aliphatic carbocycles. The highest BCUT2D eigenvalue weighted by molar-refractivity contribution is 5.76. The molecule has 0 unspecified atom stereocenters. The third-order valence-corrected chi connectivity index (χ3v) is 2.85. The molecule has 1 amide bonds. The van der Waals surface area contributed by atoms with Crippen molar-refractivity contribution >= 4 is 5.91 Å². The standard InChI is InChI=1S/C14H18F3NO4/c1-20-10-6-9(7-11(21-2)13(10)22-3)4-5-12(19)18-8-14(15,16)17/h6-7H,4-5,8H2,1-3H3,(H,18,19). The Morgan fingerprint density at radius 3 is 2.05 bits per heavy atom. The van der Waals surface area contributed by atoms with Gasteiger partial charge in [-0.2, -0.15) is 13.2 Å². The predicted molar refractivity (Wildman–Crippen MR) is 73.5 cm³/mol. The van der Waals surface area contributed by atoms with Crippen LogP contribution < -0.4 is 19.5 Å². The zero-order valence-electron chi connectivity index (χ0n) is 12.5. The number of aryl methyl sites for hydroxylation is 1. The molecule has 0 aliphatic rings. The normalized spacial score (nSPS) is 11.0. The first-order valence-electron chi connectivity index (χ1n) is 6.43. The first kappa shape index (κ1) is 17.9. The first-order valence-corrected chi connectivity index (χ1v) is 6.43. The van der Waals surface area contributed by atoms with E-state index in [9.17, 15) is 18.0 Å². The van der Waals surface area contributed by atoms with Gasteiger partial charge in [0.15, 0.2) is 11.5 Å². The molecule has 1 N–H and O–H groups in total. The van der Waals surface area contributed by atoms with Gasteiger partial charge >= 0.3 is 6.18 Å². The van der Waals surface area contributed by atoms with Gasteiger partial charge in [0.1, 0.15) is 6.54 Å². The Morgan fingerprint density at radius 1 is 1.09 bits per heavy atom. The minimum Gasteiger partial charge on any atom is -0.493 e. The van der Waals surface area contributed by atoms with Crippen molar-refractivity contribution in [3.8, 4) is 17.2 Å². The zero-order chi connectivity index (χ0) is 16.8. The number of hydrogen-bond acceptors (Lipinski definition) is 4. The second-order valence-corrected chi connectivity index (χ2v) is 4.43. The van der Waals surface area contributed by atoms with Crippen LogP contribution in [-0.2, 0) is 11.2 Å². The Labute approximate surface area is 126 Å². The summed E-state index contributed by atoms with van der Waals surface area (Å²) in [5, 5.41) is 1.82.